The Bertz CT molecular complexity index is 1050. The quantitative estimate of drug-likeness (QED) is 0.372. The van der Waals surface area contributed by atoms with Gasteiger partial charge < -0.3 is 18.9 Å². The van der Waals surface area contributed by atoms with E-state index in [4.69, 9.17) is 18.9 Å². The van der Waals surface area contributed by atoms with Crippen LogP contribution < -0.4 is 9.47 Å². The number of aryl methyl sites for hydroxylation is 1. The summed E-state index contributed by atoms with van der Waals surface area (Å²) < 4.78 is 23.1. The van der Waals surface area contributed by atoms with Crippen molar-refractivity contribution in [2.24, 2.45) is 0 Å². The largest absolute Gasteiger partial charge is 0.489 e. The molecule has 0 saturated carbocycles. The number of benzene rings is 2. The topological polar surface area (TPSA) is 71.1 Å². The molecule has 1 aliphatic rings. The molecular formula is C27H32O6. The minimum atomic E-state index is -0.469. The third-order valence-electron chi connectivity index (χ3n) is 5.57. The molecule has 2 unspecified atom stereocenters. The first-order chi connectivity index (χ1) is 15.8. The van der Waals surface area contributed by atoms with E-state index in [1.807, 2.05) is 19.1 Å². The maximum absolute atomic E-state index is 11.5. The molecule has 0 spiro atoms. The van der Waals surface area contributed by atoms with E-state index in [2.05, 4.69) is 19.2 Å². The number of rotatable bonds is 10. The van der Waals surface area contributed by atoms with Crippen molar-refractivity contribution in [3.63, 3.8) is 0 Å². The smallest absolute Gasteiger partial charge is 0.330 e. The van der Waals surface area contributed by atoms with Crippen molar-refractivity contribution >= 4 is 22.7 Å². The first kappa shape index (κ1) is 24.4. The maximum atomic E-state index is 11.5. The molecule has 6 nitrogen and oxygen atoms in total. The fraction of sp³-hybridized carbons (Fsp3) is 0.407. The lowest BCUT2D eigenvalue weighted by Crippen LogP contribution is -2.23. The summed E-state index contributed by atoms with van der Waals surface area (Å²) in [6.07, 6.45) is 5.37. The normalized spacial score (nSPS) is 14.5. The van der Waals surface area contributed by atoms with E-state index in [0.29, 0.717) is 0 Å². The summed E-state index contributed by atoms with van der Waals surface area (Å²) in [5.41, 5.74) is 3.37. The average molecular weight is 453 g/mol. The number of hydrogen-bond acceptors (Lipinski definition) is 6. The molecule has 2 aromatic rings. The van der Waals surface area contributed by atoms with E-state index in [9.17, 15) is 9.59 Å². The van der Waals surface area contributed by atoms with Crippen molar-refractivity contribution in [2.45, 2.75) is 58.7 Å². The van der Waals surface area contributed by atoms with Crippen molar-refractivity contribution in [1.29, 1.82) is 0 Å². The number of ether oxygens (including phenoxy) is 4. The third kappa shape index (κ3) is 5.95. The number of fused-ring (bicyclic) bond motifs is 2. The van der Waals surface area contributed by atoms with Gasteiger partial charge in [-0.1, -0.05) is 30.9 Å². The molecule has 0 fully saturated rings. The zero-order chi connectivity index (χ0) is 24.0. The van der Waals surface area contributed by atoms with Crippen LogP contribution in [-0.2, 0) is 31.9 Å². The molecule has 1 aliphatic carbocycles. The SMILES string of the molecule is C=CC(=O)OC(C)COc1c2c(c(OCC(C)OC(=O)C=C)c3cc(C)ccc13)CCCC2. The first-order valence-electron chi connectivity index (χ1n) is 11.3. The van der Waals surface area contributed by atoms with Crippen LogP contribution in [0.15, 0.2) is 43.5 Å². The molecule has 176 valence electrons. The third-order valence-corrected chi connectivity index (χ3v) is 5.57. The summed E-state index contributed by atoms with van der Waals surface area (Å²) in [6.45, 7) is 13.0. The Balaban J connectivity index is 1.97. The number of carbonyl (C=O) groups excluding carboxylic acids is 2. The molecule has 0 amide bonds. The van der Waals surface area contributed by atoms with Crippen molar-refractivity contribution in [2.75, 3.05) is 13.2 Å². The van der Waals surface area contributed by atoms with Gasteiger partial charge >= 0.3 is 11.9 Å². The molecular weight excluding hydrogens is 420 g/mol. The standard InChI is InChI=1S/C27H32O6/c1-6-24(28)32-18(4)15-30-26-20-10-8-9-11-21(20)27(23-14-17(3)12-13-22(23)26)31-16-19(5)33-25(29)7-2/h6-7,12-14,18-19H,1-2,8-11,15-16H2,3-5H3. The van der Waals surface area contributed by atoms with Gasteiger partial charge in [-0.15, -0.1) is 0 Å². The maximum Gasteiger partial charge on any atom is 0.330 e. The van der Waals surface area contributed by atoms with Gasteiger partial charge in [-0.3, -0.25) is 0 Å². The summed E-state index contributed by atoms with van der Waals surface area (Å²) >= 11 is 0. The summed E-state index contributed by atoms with van der Waals surface area (Å²) in [7, 11) is 0. The molecule has 33 heavy (non-hydrogen) atoms. The predicted molar refractivity (Wildman–Crippen MR) is 128 cm³/mol. The van der Waals surface area contributed by atoms with E-state index in [1.54, 1.807) is 13.8 Å². The second-order valence-corrected chi connectivity index (χ2v) is 8.40. The van der Waals surface area contributed by atoms with Crippen LogP contribution in [0.2, 0.25) is 0 Å². The molecule has 0 bridgehead atoms. The van der Waals surface area contributed by atoms with E-state index in [1.165, 1.54) is 0 Å². The van der Waals surface area contributed by atoms with Gasteiger partial charge in [0.15, 0.2) is 0 Å². The van der Waals surface area contributed by atoms with Gasteiger partial charge in [0.1, 0.15) is 36.9 Å². The highest BCUT2D eigenvalue weighted by Crippen LogP contribution is 2.44. The van der Waals surface area contributed by atoms with Crippen LogP contribution in [0.5, 0.6) is 11.5 Å². The summed E-state index contributed by atoms with van der Waals surface area (Å²) in [6, 6.07) is 6.18. The lowest BCUT2D eigenvalue weighted by Gasteiger charge is -2.27. The van der Waals surface area contributed by atoms with Crippen molar-refractivity contribution < 1.29 is 28.5 Å². The molecule has 0 N–H and O–H groups in total. The molecule has 6 heteroatoms. The van der Waals surface area contributed by atoms with Crippen molar-refractivity contribution in [3.8, 4) is 11.5 Å². The number of carbonyl (C=O) groups is 2. The highest BCUT2D eigenvalue weighted by molar-refractivity contribution is 5.96. The Labute approximate surface area is 195 Å². The van der Waals surface area contributed by atoms with Crippen LogP contribution in [0.25, 0.3) is 10.8 Å². The Morgan fingerprint density at radius 2 is 1.36 bits per heavy atom. The van der Waals surface area contributed by atoms with E-state index < -0.39 is 24.1 Å². The monoisotopic (exact) mass is 452 g/mol. The molecule has 0 saturated heterocycles. The molecule has 3 rings (SSSR count). The van der Waals surface area contributed by atoms with Gasteiger partial charge in [0.25, 0.3) is 0 Å². The van der Waals surface area contributed by atoms with Gasteiger partial charge in [0, 0.05) is 34.1 Å². The molecule has 0 aromatic heterocycles. The van der Waals surface area contributed by atoms with Gasteiger partial charge in [0.2, 0.25) is 0 Å². The van der Waals surface area contributed by atoms with Gasteiger partial charge in [-0.2, -0.15) is 0 Å². The van der Waals surface area contributed by atoms with E-state index >= 15 is 0 Å². The van der Waals surface area contributed by atoms with Crippen molar-refractivity contribution in [1.82, 2.24) is 0 Å². The highest BCUT2D eigenvalue weighted by Gasteiger charge is 2.25. The number of esters is 2. The Morgan fingerprint density at radius 3 is 1.85 bits per heavy atom. The van der Waals surface area contributed by atoms with Crippen LogP contribution in [0, 0.1) is 6.92 Å². The van der Waals surface area contributed by atoms with E-state index in [0.717, 1.165) is 76.8 Å². The fourth-order valence-electron chi connectivity index (χ4n) is 4.07. The Hall–Kier alpha value is -3.28. The van der Waals surface area contributed by atoms with Crippen molar-refractivity contribution in [3.05, 3.63) is 60.2 Å². The molecule has 0 heterocycles. The van der Waals surface area contributed by atoms with Gasteiger partial charge in [-0.05, 0) is 52.5 Å². The highest BCUT2D eigenvalue weighted by atomic mass is 16.6. The van der Waals surface area contributed by atoms with E-state index in [-0.39, 0.29) is 13.2 Å². The number of hydrogen-bond donors (Lipinski definition) is 0. The zero-order valence-corrected chi connectivity index (χ0v) is 19.6. The first-order valence-corrected chi connectivity index (χ1v) is 11.3. The molecule has 2 aromatic carbocycles. The summed E-state index contributed by atoms with van der Waals surface area (Å²) in [5.74, 6) is 0.704. The molecule has 0 radical (unpaired) electrons. The van der Waals surface area contributed by atoms with Crippen LogP contribution in [0.1, 0.15) is 43.4 Å². The minimum absolute atomic E-state index is 0.240. The van der Waals surface area contributed by atoms with Crippen LogP contribution in [0.4, 0.5) is 0 Å². The zero-order valence-electron chi connectivity index (χ0n) is 19.6. The molecule has 0 aliphatic heterocycles. The Morgan fingerprint density at radius 1 is 0.879 bits per heavy atom. The van der Waals surface area contributed by atoms with Crippen LogP contribution in [-0.4, -0.2) is 37.4 Å². The summed E-state index contributed by atoms with van der Waals surface area (Å²) in [4.78, 5) is 23.1. The predicted octanol–water partition coefficient (Wildman–Crippen LogP) is 5.02. The average Bonchev–Trinajstić information content (AvgIpc) is 2.80. The Kier molecular flexibility index (Phi) is 8.15. The summed E-state index contributed by atoms with van der Waals surface area (Å²) in [5, 5.41) is 1.91. The van der Waals surface area contributed by atoms with Crippen LogP contribution in [0.3, 0.4) is 0 Å². The van der Waals surface area contributed by atoms with Crippen LogP contribution >= 0.6 is 0 Å². The fourth-order valence-corrected chi connectivity index (χ4v) is 4.07. The molecule has 2 atom stereocenters. The second-order valence-electron chi connectivity index (χ2n) is 8.40. The van der Waals surface area contributed by atoms with Gasteiger partial charge in [-0.25, -0.2) is 9.59 Å². The minimum Gasteiger partial charge on any atom is -0.489 e. The lowest BCUT2D eigenvalue weighted by molar-refractivity contribution is -0.144. The van der Waals surface area contributed by atoms with Gasteiger partial charge in [0.05, 0.1) is 0 Å². The second kappa shape index (κ2) is 11.0. The lowest BCUT2D eigenvalue weighted by atomic mass is 9.87.